The number of amides is 1. The van der Waals surface area contributed by atoms with Crippen LogP contribution in [0.25, 0.3) is 0 Å². The standard InChI is InChI=1S/C14H20N2O3/c17-9-10-19-11-14(18)15-12-3-5-13(6-4-12)16-7-1-2-8-16/h3-6,17H,1-2,7-11H2,(H,15,18). The highest BCUT2D eigenvalue weighted by atomic mass is 16.5. The summed E-state index contributed by atoms with van der Waals surface area (Å²) in [6.45, 7) is 2.30. The number of nitrogens with zero attached hydrogens (tertiary/aromatic N) is 1. The van der Waals surface area contributed by atoms with Crippen LogP contribution in [0, 0.1) is 0 Å². The lowest BCUT2D eigenvalue weighted by atomic mass is 10.2. The maximum atomic E-state index is 11.5. The lowest BCUT2D eigenvalue weighted by Gasteiger charge is -2.17. The van der Waals surface area contributed by atoms with Crippen molar-refractivity contribution in [3.8, 4) is 0 Å². The van der Waals surface area contributed by atoms with Crippen molar-refractivity contribution in [2.45, 2.75) is 12.8 Å². The number of aliphatic hydroxyl groups excluding tert-OH is 1. The van der Waals surface area contributed by atoms with Crippen molar-refractivity contribution in [2.24, 2.45) is 0 Å². The molecule has 1 aliphatic heterocycles. The first-order chi connectivity index (χ1) is 9.29. The summed E-state index contributed by atoms with van der Waals surface area (Å²) < 4.78 is 4.95. The normalized spacial score (nSPS) is 14.7. The second kappa shape index (κ2) is 7.11. The number of anilines is 2. The molecule has 0 radical (unpaired) electrons. The molecule has 1 fully saturated rings. The summed E-state index contributed by atoms with van der Waals surface area (Å²) >= 11 is 0. The maximum absolute atomic E-state index is 11.5. The van der Waals surface area contributed by atoms with Gasteiger partial charge >= 0.3 is 0 Å². The molecule has 1 aromatic rings. The van der Waals surface area contributed by atoms with E-state index in [4.69, 9.17) is 9.84 Å². The molecule has 0 aliphatic carbocycles. The fourth-order valence-corrected chi connectivity index (χ4v) is 2.16. The molecule has 0 spiro atoms. The van der Waals surface area contributed by atoms with Crippen molar-refractivity contribution in [3.63, 3.8) is 0 Å². The quantitative estimate of drug-likeness (QED) is 0.759. The third-order valence-electron chi connectivity index (χ3n) is 3.09. The Labute approximate surface area is 113 Å². The molecule has 104 valence electrons. The zero-order valence-electron chi connectivity index (χ0n) is 11.0. The molecule has 0 aromatic heterocycles. The monoisotopic (exact) mass is 264 g/mol. The Balaban J connectivity index is 1.82. The summed E-state index contributed by atoms with van der Waals surface area (Å²) in [6, 6.07) is 7.85. The van der Waals surface area contributed by atoms with E-state index >= 15 is 0 Å². The van der Waals surface area contributed by atoms with Gasteiger partial charge < -0.3 is 20.1 Å². The van der Waals surface area contributed by atoms with E-state index in [1.165, 1.54) is 18.5 Å². The van der Waals surface area contributed by atoms with E-state index in [9.17, 15) is 4.79 Å². The fraction of sp³-hybridized carbons (Fsp3) is 0.500. The molecule has 1 amide bonds. The minimum Gasteiger partial charge on any atom is -0.394 e. The van der Waals surface area contributed by atoms with Crippen molar-refractivity contribution < 1.29 is 14.6 Å². The highest BCUT2D eigenvalue weighted by molar-refractivity contribution is 5.91. The van der Waals surface area contributed by atoms with Crippen molar-refractivity contribution in [2.75, 3.05) is 43.1 Å². The Morgan fingerprint density at radius 3 is 2.58 bits per heavy atom. The molecule has 1 heterocycles. The van der Waals surface area contributed by atoms with Crippen LogP contribution >= 0.6 is 0 Å². The highest BCUT2D eigenvalue weighted by Crippen LogP contribution is 2.21. The van der Waals surface area contributed by atoms with Gasteiger partial charge in [0.1, 0.15) is 6.61 Å². The largest absolute Gasteiger partial charge is 0.394 e. The van der Waals surface area contributed by atoms with E-state index in [0.29, 0.717) is 0 Å². The van der Waals surface area contributed by atoms with E-state index in [1.54, 1.807) is 0 Å². The zero-order chi connectivity index (χ0) is 13.5. The van der Waals surface area contributed by atoms with E-state index in [1.807, 2.05) is 24.3 Å². The summed E-state index contributed by atoms with van der Waals surface area (Å²) in [7, 11) is 0. The molecule has 5 heteroatoms. The van der Waals surface area contributed by atoms with Crippen LogP contribution in [-0.2, 0) is 9.53 Å². The molecule has 5 nitrogen and oxygen atoms in total. The number of rotatable bonds is 6. The van der Waals surface area contributed by atoms with E-state index in [0.717, 1.165) is 18.8 Å². The van der Waals surface area contributed by atoms with Gasteiger partial charge in [0.15, 0.2) is 0 Å². The maximum Gasteiger partial charge on any atom is 0.250 e. The molecular formula is C14H20N2O3. The van der Waals surface area contributed by atoms with Gasteiger partial charge in [-0.2, -0.15) is 0 Å². The van der Waals surface area contributed by atoms with Crippen LogP contribution in [0.2, 0.25) is 0 Å². The van der Waals surface area contributed by atoms with Crippen molar-refractivity contribution in [1.82, 2.24) is 0 Å². The molecule has 0 bridgehead atoms. The summed E-state index contributed by atoms with van der Waals surface area (Å²) in [5.74, 6) is -0.206. The molecule has 19 heavy (non-hydrogen) atoms. The number of hydrogen-bond acceptors (Lipinski definition) is 4. The minimum absolute atomic E-state index is 0.0333. The number of ether oxygens (including phenoxy) is 1. The van der Waals surface area contributed by atoms with Crippen LogP contribution in [0.3, 0.4) is 0 Å². The zero-order valence-corrected chi connectivity index (χ0v) is 11.0. The van der Waals surface area contributed by atoms with Gasteiger partial charge in [-0.25, -0.2) is 0 Å². The van der Waals surface area contributed by atoms with E-state index in [-0.39, 0.29) is 25.7 Å². The Morgan fingerprint density at radius 2 is 1.95 bits per heavy atom. The third kappa shape index (κ3) is 4.22. The van der Waals surface area contributed by atoms with Gasteiger partial charge in [0.05, 0.1) is 13.2 Å². The number of carbonyl (C=O) groups excluding carboxylic acids is 1. The minimum atomic E-state index is -0.206. The first kappa shape index (κ1) is 13.8. The smallest absolute Gasteiger partial charge is 0.250 e. The number of carbonyl (C=O) groups is 1. The van der Waals surface area contributed by atoms with Gasteiger partial charge in [-0.05, 0) is 37.1 Å². The average molecular weight is 264 g/mol. The summed E-state index contributed by atoms with van der Waals surface area (Å²) in [5.41, 5.74) is 1.97. The first-order valence-electron chi connectivity index (χ1n) is 6.63. The fourth-order valence-electron chi connectivity index (χ4n) is 2.16. The van der Waals surface area contributed by atoms with E-state index in [2.05, 4.69) is 10.2 Å². The van der Waals surface area contributed by atoms with Gasteiger partial charge in [-0.3, -0.25) is 4.79 Å². The SMILES string of the molecule is O=C(COCCO)Nc1ccc(N2CCCC2)cc1. The van der Waals surface area contributed by atoms with Crippen molar-refractivity contribution in [3.05, 3.63) is 24.3 Å². The first-order valence-corrected chi connectivity index (χ1v) is 6.63. The second-order valence-corrected chi connectivity index (χ2v) is 4.57. The molecule has 0 unspecified atom stereocenters. The Hall–Kier alpha value is -1.59. The molecule has 2 N–H and O–H groups in total. The second-order valence-electron chi connectivity index (χ2n) is 4.57. The molecule has 1 aromatic carbocycles. The lowest BCUT2D eigenvalue weighted by molar-refractivity contribution is -0.120. The number of nitrogens with one attached hydrogen (secondary N) is 1. The van der Waals surface area contributed by atoms with Gasteiger partial charge in [0.25, 0.3) is 0 Å². The predicted octanol–water partition coefficient (Wildman–Crippen LogP) is 1.23. The summed E-state index contributed by atoms with van der Waals surface area (Å²) in [5, 5.41) is 11.3. The average Bonchev–Trinajstić information content (AvgIpc) is 2.94. The van der Waals surface area contributed by atoms with Crippen LogP contribution < -0.4 is 10.2 Å². The van der Waals surface area contributed by atoms with Crippen molar-refractivity contribution in [1.29, 1.82) is 0 Å². The molecule has 2 rings (SSSR count). The molecule has 0 saturated carbocycles. The summed E-state index contributed by atoms with van der Waals surface area (Å²) in [4.78, 5) is 13.8. The summed E-state index contributed by atoms with van der Waals surface area (Å²) in [6.07, 6.45) is 2.50. The molecule has 0 atom stereocenters. The van der Waals surface area contributed by atoms with Crippen LogP contribution in [-0.4, -0.2) is 43.9 Å². The van der Waals surface area contributed by atoms with Gasteiger partial charge in [-0.15, -0.1) is 0 Å². The molecule has 1 saturated heterocycles. The number of hydrogen-bond donors (Lipinski definition) is 2. The Kier molecular flexibility index (Phi) is 5.18. The van der Waals surface area contributed by atoms with Gasteiger partial charge in [0, 0.05) is 24.5 Å². The molecular weight excluding hydrogens is 244 g/mol. The van der Waals surface area contributed by atoms with Crippen molar-refractivity contribution >= 4 is 17.3 Å². The number of aliphatic hydroxyl groups is 1. The number of benzene rings is 1. The van der Waals surface area contributed by atoms with E-state index < -0.39 is 0 Å². The molecule has 1 aliphatic rings. The van der Waals surface area contributed by atoms with Crippen LogP contribution in [0.1, 0.15) is 12.8 Å². The predicted molar refractivity (Wildman–Crippen MR) is 74.4 cm³/mol. The van der Waals surface area contributed by atoms with Crippen LogP contribution in [0.5, 0.6) is 0 Å². The topological polar surface area (TPSA) is 61.8 Å². The highest BCUT2D eigenvalue weighted by Gasteiger charge is 2.12. The third-order valence-corrected chi connectivity index (χ3v) is 3.09. The van der Waals surface area contributed by atoms with Crippen LogP contribution in [0.4, 0.5) is 11.4 Å². The van der Waals surface area contributed by atoms with Gasteiger partial charge in [0.2, 0.25) is 5.91 Å². The Morgan fingerprint density at radius 1 is 1.26 bits per heavy atom. The lowest BCUT2D eigenvalue weighted by Crippen LogP contribution is -2.20. The van der Waals surface area contributed by atoms with Gasteiger partial charge in [-0.1, -0.05) is 0 Å². The Bertz CT molecular complexity index is 400. The van der Waals surface area contributed by atoms with Crippen LogP contribution in [0.15, 0.2) is 24.3 Å².